The van der Waals surface area contributed by atoms with Crippen molar-refractivity contribution in [1.82, 2.24) is 0 Å². The lowest BCUT2D eigenvalue weighted by atomic mass is 10.2. The highest BCUT2D eigenvalue weighted by molar-refractivity contribution is 7.93. The number of methoxy groups -OCH3 is 2. The maximum atomic E-state index is 13.4. The van der Waals surface area contributed by atoms with Crippen LogP contribution < -0.4 is 13.8 Å². The number of benzene rings is 2. The van der Waals surface area contributed by atoms with Crippen molar-refractivity contribution in [3.8, 4) is 11.5 Å². The van der Waals surface area contributed by atoms with Crippen LogP contribution in [0.2, 0.25) is 10.0 Å². The van der Waals surface area contributed by atoms with Crippen LogP contribution >= 0.6 is 23.2 Å². The van der Waals surface area contributed by atoms with Crippen LogP contribution in [0.5, 0.6) is 11.5 Å². The van der Waals surface area contributed by atoms with Gasteiger partial charge in [0.05, 0.1) is 24.9 Å². The van der Waals surface area contributed by atoms with Crippen molar-refractivity contribution >= 4 is 44.9 Å². The standard InChI is InChI=1S/C18H19Cl2NO6S/c1-26-13-6-8-15(16(11-13)27-2)21(9-3-4-18(22)23)28(24,25)17-10-12(19)5-7-14(17)20/h5-8,10-11H,3-4,9H2,1-2H3,(H,22,23). The number of halogens is 2. The maximum Gasteiger partial charge on any atom is 0.303 e. The lowest BCUT2D eigenvalue weighted by Crippen LogP contribution is -2.33. The molecule has 0 fully saturated rings. The molecule has 0 unspecified atom stereocenters. The highest BCUT2D eigenvalue weighted by Crippen LogP contribution is 2.37. The maximum absolute atomic E-state index is 13.4. The van der Waals surface area contributed by atoms with Gasteiger partial charge >= 0.3 is 5.97 Å². The number of rotatable bonds is 9. The summed E-state index contributed by atoms with van der Waals surface area (Å²) in [5.74, 6) is -0.305. The first-order chi connectivity index (χ1) is 13.2. The zero-order chi connectivity index (χ0) is 20.9. The van der Waals surface area contributed by atoms with Crippen LogP contribution in [0.25, 0.3) is 0 Å². The van der Waals surface area contributed by atoms with Crippen LogP contribution in [0.15, 0.2) is 41.3 Å². The Morgan fingerprint density at radius 2 is 1.82 bits per heavy atom. The Balaban J connectivity index is 2.59. The normalized spacial score (nSPS) is 11.1. The molecular formula is C18H19Cl2NO6S. The van der Waals surface area contributed by atoms with E-state index in [1.165, 1.54) is 44.6 Å². The average molecular weight is 448 g/mol. The van der Waals surface area contributed by atoms with E-state index in [2.05, 4.69) is 0 Å². The monoisotopic (exact) mass is 447 g/mol. The van der Waals surface area contributed by atoms with E-state index in [0.717, 1.165) is 4.31 Å². The number of sulfonamides is 1. The molecule has 0 amide bonds. The minimum atomic E-state index is -4.15. The molecule has 0 aliphatic rings. The van der Waals surface area contributed by atoms with Gasteiger partial charge in [0, 0.05) is 24.1 Å². The molecule has 0 aromatic heterocycles. The van der Waals surface area contributed by atoms with Crippen molar-refractivity contribution in [3.63, 3.8) is 0 Å². The molecule has 0 radical (unpaired) electrons. The number of carboxylic acids is 1. The fraction of sp³-hybridized carbons (Fsp3) is 0.278. The number of ether oxygens (including phenoxy) is 2. The quantitative estimate of drug-likeness (QED) is 0.622. The molecule has 0 aliphatic carbocycles. The lowest BCUT2D eigenvalue weighted by molar-refractivity contribution is -0.137. The van der Waals surface area contributed by atoms with E-state index in [1.54, 1.807) is 6.07 Å². The molecular weight excluding hydrogens is 429 g/mol. The van der Waals surface area contributed by atoms with E-state index in [0.29, 0.717) is 5.75 Å². The molecule has 0 heterocycles. The summed E-state index contributed by atoms with van der Waals surface area (Å²) < 4.78 is 38.2. The van der Waals surface area contributed by atoms with Crippen LogP contribution in [0, 0.1) is 0 Å². The summed E-state index contributed by atoms with van der Waals surface area (Å²) in [6, 6.07) is 8.75. The summed E-state index contributed by atoms with van der Waals surface area (Å²) >= 11 is 12.1. The van der Waals surface area contributed by atoms with Crippen LogP contribution in [0.3, 0.4) is 0 Å². The third-order valence-electron chi connectivity index (χ3n) is 3.87. The first-order valence-corrected chi connectivity index (χ1v) is 10.3. The van der Waals surface area contributed by atoms with Crippen molar-refractivity contribution in [1.29, 1.82) is 0 Å². The zero-order valence-corrected chi connectivity index (χ0v) is 17.5. The molecule has 0 saturated heterocycles. The molecule has 152 valence electrons. The van der Waals surface area contributed by atoms with Crippen molar-refractivity contribution in [2.75, 3.05) is 25.1 Å². The Hall–Kier alpha value is -2.16. The van der Waals surface area contributed by atoms with Crippen molar-refractivity contribution < 1.29 is 27.8 Å². The van der Waals surface area contributed by atoms with Crippen LogP contribution in [-0.2, 0) is 14.8 Å². The fourth-order valence-electron chi connectivity index (χ4n) is 2.53. The Morgan fingerprint density at radius 1 is 1.11 bits per heavy atom. The number of nitrogens with zero attached hydrogens (tertiary/aromatic N) is 1. The second-order valence-corrected chi connectivity index (χ2v) is 8.36. The van der Waals surface area contributed by atoms with Gasteiger partial charge in [-0.15, -0.1) is 0 Å². The predicted molar refractivity (Wildman–Crippen MR) is 107 cm³/mol. The number of carboxylic acid groups (broad SMARTS) is 1. The molecule has 10 heteroatoms. The predicted octanol–water partition coefficient (Wildman–Crippen LogP) is 4.07. The smallest absolute Gasteiger partial charge is 0.303 e. The Bertz CT molecular complexity index is 965. The molecule has 7 nitrogen and oxygen atoms in total. The minimum absolute atomic E-state index is 0.000105. The van der Waals surface area contributed by atoms with Gasteiger partial charge in [0.15, 0.2) is 0 Å². The third-order valence-corrected chi connectivity index (χ3v) is 6.40. The van der Waals surface area contributed by atoms with Crippen molar-refractivity contribution in [3.05, 3.63) is 46.4 Å². The summed E-state index contributed by atoms with van der Waals surface area (Å²) in [6.07, 6.45) is -0.115. The number of aliphatic carboxylic acids is 1. The third kappa shape index (κ3) is 5.01. The van der Waals surface area contributed by atoms with E-state index in [-0.39, 0.29) is 45.8 Å². The molecule has 1 N–H and O–H groups in total. The number of hydrogen-bond donors (Lipinski definition) is 1. The fourth-order valence-corrected chi connectivity index (χ4v) is 4.78. The molecule has 2 aromatic carbocycles. The lowest BCUT2D eigenvalue weighted by Gasteiger charge is -2.26. The van der Waals surface area contributed by atoms with Gasteiger partial charge in [-0.3, -0.25) is 9.10 Å². The Kier molecular flexibility index (Phi) is 7.40. The summed E-state index contributed by atoms with van der Waals surface area (Å²) in [4.78, 5) is 10.7. The minimum Gasteiger partial charge on any atom is -0.497 e. The summed E-state index contributed by atoms with van der Waals surface area (Å²) in [5, 5.41) is 9.12. The molecule has 0 spiro atoms. The van der Waals surface area contributed by atoms with Crippen molar-refractivity contribution in [2.45, 2.75) is 17.7 Å². The van der Waals surface area contributed by atoms with E-state index < -0.39 is 16.0 Å². The molecule has 28 heavy (non-hydrogen) atoms. The Labute approximate surface area is 173 Å². The van der Waals surface area contributed by atoms with Gasteiger partial charge in [-0.2, -0.15) is 0 Å². The second kappa shape index (κ2) is 9.36. The average Bonchev–Trinajstić information content (AvgIpc) is 2.66. The summed E-state index contributed by atoms with van der Waals surface area (Å²) in [6.45, 7) is -0.0971. The van der Waals surface area contributed by atoms with Crippen molar-refractivity contribution in [2.24, 2.45) is 0 Å². The second-order valence-electron chi connectivity index (χ2n) is 5.69. The zero-order valence-electron chi connectivity index (χ0n) is 15.2. The van der Waals surface area contributed by atoms with E-state index in [4.69, 9.17) is 37.8 Å². The van der Waals surface area contributed by atoms with E-state index in [1.807, 2.05) is 0 Å². The topological polar surface area (TPSA) is 93.1 Å². The summed E-state index contributed by atoms with van der Waals surface area (Å²) in [7, 11) is -1.28. The largest absolute Gasteiger partial charge is 0.497 e. The first-order valence-electron chi connectivity index (χ1n) is 8.12. The SMILES string of the molecule is COc1ccc(N(CCCC(=O)O)S(=O)(=O)c2cc(Cl)ccc2Cl)c(OC)c1. The first kappa shape index (κ1) is 22.1. The number of carbonyl (C=O) groups is 1. The molecule has 0 aliphatic heterocycles. The highest BCUT2D eigenvalue weighted by atomic mass is 35.5. The molecule has 0 saturated carbocycles. The molecule has 2 rings (SSSR count). The van der Waals surface area contributed by atoms with Gasteiger partial charge in [-0.1, -0.05) is 23.2 Å². The number of anilines is 1. The van der Waals surface area contributed by atoms with Gasteiger partial charge in [-0.05, 0) is 36.8 Å². The summed E-state index contributed by atoms with van der Waals surface area (Å²) in [5.41, 5.74) is 0.227. The van der Waals surface area contributed by atoms with E-state index >= 15 is 0 Å². The van der Waals surface area contributed by atoms with Crippen LogP contribution in [0.1, 0.15) is 12.8 Å². The molecule has 0 bridgehead atoms. The highest BCUT2D eigenvalue weighted by Gasteiger charge is 2.29. The van der Waals surface area contributed by atoms with Crippen LogP contribution in [0.4, 0.5) is 5.69 Å². The van der Waals surface area contributed by atoms with Gasteiger partial charge in [-0.25, -0.2) is 8.42 Å². The van der Waals surface area contributed by atoms with Crippen LogP contribution in [-0.4, -0.2) is 40.3 Å². The van der Waals surface area contributed by atoms with Gasteiger partial charge in [0.1, 0.15) is 16.4 Å². The molecule has 0 atom stereocenters. The van der Waals surface area contributed by atoms with E-state index in [9.17, 15) is 13.2 Å². The number of hydrogen-bond acceptors (Lipinski definition) is 5. The van der Waals surface area contributed by atoms with Gasteiger partial charge in [0.2, 0.25) is 0 Å². The van der Waals surface area contributed by atoms with Gasteiger partial charge in [0.25, 0.3) is 10.0 Å². The van der Waals surface area contributed by atoms with Gasteiger partial charge < -0.3 is 14.6 Å². The Morgan fingerprint density at radius 3 is 2.43 bits per heavy atom. The molecule has 2 aromatic rings.